The largest absolute Gasteiger partial charge is 0.351 e. The lowest BCUT2D eigenvalue weighted by atomic mass is 9.92. The van der Waals surface area contributed by atoms with E-state index in [-0.39, 0.29) is 36.7 Å². The molecule has 1 aromatic carbocycles. The van der Waals surface area contributed by atoms with Gasteiger partial charge in [-0.15, -0.1) is 0 Å². The van der Waals surface area contributed by atoms with E-state index in [0.29, 0.717) is 12.1 Å². The van der Waals surface area contributed by atoms with Crippen LogP contribution in [0.1, 0.15) is 52.0 Å². The van der Waals surface area contributed by atoms with E-state index in [1.54, 1.807) is 13.8 Å². The number of para-hydroxylation sites is 1. The topological polar surface area (TPSA) is 86.8 Å². The molecule has 1 heterocycles. The molecule has 0 unspecified atom stereocenters. The van der Waals surface area contributed by atoms with Crippen molar-refractivity contribution in [1.29, 1.82) is 0 Å². The smallest absolute Gasteiger partial charge is 0.247 e. The zero-order valence-corrected chi connectivity index (χ0v) is 18.3. The highest BCUT2D eigenvalue weighted by Gasteiger charge is 2.51. The van der Waals surface area contributed by atoms with Crippen LogP contribution < -0.4 is 10.2 Å². The van der Waals surface area contributed by atoms with Crippen LogP contribution in [0.5, 0.6) is 0 Å². The Morgan fingerprint density at radius 3 is 2.48 bits per heavy atom. The highest BCUT2D eigenvalue weighted by molar-refractivity contribution is 7.89. The Morgan fingerprint density at radius 1 is 1.21 bits per heavy atom. The molecule has 7 nitrogen and oxygen atoms in total. The van der Waals surface area contributed by atoms with Crippen molar-refractivity contribution in [2.75, 3.05) is 23.7 Å². The Morgan fingerprint density at radius 2 is 1.86 bits per heavy atom. The minimum atomic E-state index is -3.60. The number of amides is 2. The molecule has 1 aliphatic heterocycles. The zero-order valence-electron chi connectivity index (χ0n) is 17.5. The molecule has 0 bridgehead atoms. The summed E-state index contributed by atoms with van der Waals surface area (Å²) in [6.45, 7) is 4.93. The van der Waals surface area contributed by atoms with E-state index in [0.717, 1.165) is 35.6 Å². The first-order valence-corrected chi connectivity index (χ1v) is 12.0. The Labute approximate surface area is 173 Å². The number of carbonyl (C=O) groups excluding carboxylic acids is 2. The summed E-state index contributed by atoms with van der Waals surface area (Å²) < 4.78 is 26.3. The number of hydrogen-bond acceptors (Lipinski definition) is 4. The Hall–Kier alpha value is -1.93. The molecule has 0 radical (unpaired) electrons. The molecule has 29 heavy (non-hydrogen) atoms. The van der Waals surface area contributed by atoms with E-state index in [4.69, 9.17) is 0 Å². The lowest BCUT2D eigenvalue weighted by molar-refractivity contribution is -0.133. The fraction of sp³-hybridized carbons (Fsp3) is 0.619. The molecule has 2 aliphatic rings. The van der Waals surface area contributed by atoms with Crippen LogP contribution >= 0.6 is 0 Å². The van der Waals surface area contributed by atoms with Crippen molar-refractivity contribution >= 4 is 27.5 Å². The van der Waals surface area contributed by atoms with Crippen molar-refractivity contribution in [3.8, 4) is 0 Å². The Bertz CT molecular complexity index is 880. The summed E-state index contributed by atoms with van der Waals surface area (Å²) in [4.78, 5) is 28.2. The van der Waals surface area contributed by atoms with Gasteiger partial charge in [0.05, 0.1) is 12.3 Å². The standard InChI is InChI=1S/C21H31N3O4S/c1-4-16-10-6-9-13-18(16)24-19(25)14-23(29(27,28)5-2)15-21(24,3)20(26)22-17-11-7-8-12-17/h6,9-10,13,17H,4-5,7-8,11-12,14-15H2,1-3H3,(H,22,26)/t21-/m0/s1. The third-order valence-electron chi connectivity index (χ3n) is 6.09. The van der Waals surface area contributed by atoms with Gasteiger partial charge in [0.1, 0.15) is 5.54 Å². The number of aryl methyl sites for hydroxylation is 1. The molecule has 1 aliphatic carbocycles. The highest BCUT2D eigenvalue weighted by atomic mass is 32.2. The van der Waals surface area contributed by atoms with Crippen molar-refractivity contribution in [2.45, 2.75) is 64.5 Å². The second-order valence-corrected chi connectivity index (χ2v) is 10.4. The van der Waals surface area contributed by atoms with Crippen molar-refractivity contribution in [3.63, 3.8) is 0 Å². The van der Waals surface area contributed by atoms with Gasteiger partial charge in [-0.2, -0.15) is 4.31 Å². The molecule has 0 aromatic heterocycles. The van der Waals surface area contributed by atoms with Crippen molar-refractivity contribution in [1.82, 2.24) is 9.62 Å². The molecule has 2 amide bonds. The quantitative estimate of drug-likeness (QED) is 0.762. The maximum atomic E-state index is 13.4. The number of carbonyl (C=O) groups is 2. The van der Waals surface area contributed by atoms with E-state index in [1.165, 1.54) is 4.90 Å². The second kappa shape index (κ2) is 8.44. The zero-order chi connectivity index (χ0) is 21.2. The summed E-state index contributed by atoms with van der Waals surface area (Å²) in [5.41, 5.74) is 0.316. The van der Waals surface area contributed by atoms with E-state index in [2.05, 4.69) is 5.32 Å². The molecule has 8 heteroatoms. The van der Waals surface area contributed by atoms with Gasteiger partial charge in [0, 0.05) is 18.3 Å². The minimum Gasteiger partial charge on any atom is -0.351 e. The second-order valence-electron chi connectivity index (χ2n) is 8.11. The molecular weight excluding hydrogens is 390 g/mol. The van der Waals surface area contributed by atoms with Crippen molar-refractivity contribution in [2.24, 2.45) is 0 Å². The molecule has 1 saturated heterocycles. The van der Waals surface area contributed by atoms with Gasteiger partial charge in [0.25, 0.3) is 0 Å². The average molecular weight is 422 g/mol. The Balaban J connectivity index is 2.04. The van der Waals surface area contributed by atoms with Gasteiger partial charge in [-0.05, 0) is 44.7 Å². The lowest BCUT2D eigenvalue weighted by Gasteiger charge is -2.47. The van der Waals surface area contributed by atoms with Gasteiger partial charge in [-0.25, -0.2) is 8.42 Å². The molecule has 160 valence electrons. The molecule has 1 N–H and O–H groups in total. The molecule has 1 saturated carbocycles. The molecule has 2 fully saturated rings. The third-order valence-corrected chi connectivity index (χ3v) is 7.86. The van der Waals surface area contributed by atoms with Gasteiger partial charge < -0.3 is 5.32 Å². The predicted molar refractivity (Wildman–Crippen MR) is 113 cm³/mol. The number of anilines is 1. The number of benzene rings is 1. The van der Waals surface area contributed by atoms with Gasteiger partial charge in [-0.3, -0.25) is 14.5 Å². The van der Waals surface area contributed by atoms with Gasteiger partial charge >= 0.3 is 0 Å². The predicted octanol–water partition coefficient (Wildman–Crippen LogP) is 2.06. The van der Waals surface area contributed by atoms with Crippen LogP contribution in [0.15, 0.2) is 24.3 Å². The maximum Gasteiger partial charge on any atom is 0.247 e. The number of nitrogens with one attached hydrogen (secondary N) is 1. The first-order valence-electron chi connectivity index (χ1n) is 10.4. The number of hydrogen-bond donors (Lipinski definition) is 1. The number of piperazine rings is 1. The van der Waals surface area contributed by atoms with Crippen LogP contribution in [-0.4, -0.2) is 55.0 Å². The summed E-state index contributed by atoms with van der Waals surface area (Å²) in [7, 11) is -3.60. The fourth-order valence-corrected chi connectivity index (χ4v) is 5.48. The summed E-state index contributed by atoms with van der Waals surface area (Å²) in [5, 5.41) is 3.08. The monoisotopic (exact) mass is 421 g/mol. The fourth-order valence-electron chi connectivity index (χ4n) is 4.36. The number of sulfonamides is 1. The van der Waals surface area contributed by atoms with Crippen molar-refractivity contribution < 1.29 is 18.0 Å². The third kappa shape index (κ3) is 4.19. The van der Waals surface area contributed by atoms with Crippen molar-refractivity contribution in [3.05, 3.63) is 29.8 Å². The van der Waals surface area contributed by atoms with E-state index < -0.39 is 15.6 Å². The summed E-state index contributed by atoms with van der Waals surface area (Å²) >= 11 is 0. The number of rotatable bonds is 6. The Kier molecular flexibility index (Phi) is 6.33. The SMILES string of the molecule is CCc1ccccc1N1C(=O)CN(S(=O)(=O)CC)C[C@@]1(C)C(=O)NC1CCCC1. The van der Waals surface area contributed by atoms with Crippen LogP contribution in [0.2, 0.25) is 0 Å². The molecule has 1 atom stereocenters. The van der Waals surface area contributed by atoms with Gasteiger partial charge in [0.2, 0.25) is 21.8 Å². The first-order chi connectivity index (χ1) is 13.7. The summed E-state index contributed by atoms with van der Waals surface area (Å²) in [6, 6.07) is 7.60. The van der Waals surface area contributed by atoms with Gasteiger partial charge in [-0.1, -0.05) is 38.0 Å². The summed E-state index contributed by atoms with van der Waals surface area (Å²) in [5.74, 6) is -0.774. The normalized spacial score (nSPS) is 24.1. The number of nitrogens with zero attached hydrogens (tertiary/aromatic N) is 2. The minimum absolute atomic E-state index is 0.0501. The van der Waals surface area contributed by atoms with Crippen LogP contribution in [0, 0.1) is 0 Å². The van der Waals surface area contributed by atoms with Crippen LogP contribution in [-0.2, 0) is 26.0 Å². The molecule has 1 aromatic rings. The van der Waals surface area contributed by atoms with Crippen LogP contribution in [0.4, 0.5) is 5.69 Å². The molecular formula is C21H31N3O4S. The van der Waals surface area contributed by atoms with E-state index in [9.17, 15) is 18.0 Å². The van der Waals surface area contributed by atoms with E-state index in [1.807, 2.05) is 31.2 Å². The lowest BCUT2D eigenvalue weighted by Crippen LogP contribution is -2.71. The van der Waals surface area contributed by atoms with Crippen LogP contribution in [0.25, 0.3) is 0 Å². The highest BCUT2D eigenvalue weighted by Crippen LogP contribution is 2.34. The summed E-state index contributed by atoms with van der Waals surface area (Å²) in [6.07, 6.45) is 4.67. The van der Waals surface area contributed by atoms with Crippen LogP contribution in [0.3, 0.4) is 0 Å². The molecule has 0 spiro atoms. The molecule has 3 rings (SSSR count). The van der Waals surface area contributed by atoms with E-state index >= 15 is 0 Å². The maximum absolute atomic E-state index is 13.4. The first kappa shape index (κ1) is 21.8. The van der Waals surface area contributed by atoms with Gasteiger partial charge in [0.15, 0.2) is 0 Å². The average Bonchev–Trinajstić information content (AvgIpc) is 3.20.